The van der Waals surface area contributed by atoms with Crippen LogP contribution in [0.25, 0.3) is 0 Å². The topological polar surface area (TPSA) is 83.7 Å². The first kappa shape index (κ1) is 11.0. The third kappa shape index (κ3) is 2.37. The number of esters is 1. The number of hydrogen-bond donors (Lipinski definition) is 0. The zero-order chi connectivity index (χ0) is 11.4. The fourth-order valence-corrected chi connectivity index (χ4v) is 1.27. The van der Waals surface area contributed by atoms with Gasteiger partial charge in [-0.15, -0.1) is 0 Å². The van der Waals surface area contributed by atoms with Gasteiger partial charge in [0.1, 0.15) is 0 Å². The summed E-state index contributed by atoms with van der Waals surface area (Å²) in [5.41, 5.74) is 0. The van der Waals surface area contributed by atoms with Gasteiger partial charge >= 0.3 is 5.97 Å². The van der Waals surface area contributed by atoms with Crippen LogP contribution in [0, 0.1) is 0 Å². The molecule has 1 saturated heterocycles. The molecule has 0 radical (unpaired) electrons. The van der Waals surface area contributed by atoms with Gasteiger partial charge in [-0.1, -0.05) is 0 Å². The van der Waals surface area contributed by atoms with Crippen LogP contribution in [0.4, 0.5) is 0 Å². The summed E-state index contributed by atoms with van der Waals surface area (Å²) in [6.45, 7) is 3.35. The predicted molar refractivity (Wildman–Crippen MR) is 49.8 cm³/mol. The summed E-state index contributed by atoms with van der Waals surface area (Å²) in [5, 5.41) is 3.51. The van der Waals surface area contributed by atoms with Crippen molar-refractivity contribution in [3.8, 4) is 0 Å². The molecule has 0 saturated carbocycles. The summed E-state index contributed by atoms with van der Waals surface area (Å²) in [6.07, 6.45) is -0.399. The zero-order valence-electron chi connectivity index (χ0n) is 8.84. The summed E-state index contributed by atoms with van der Waals surface area (Å²) in [4.78, 5) is 15.2. The minimum atomic E-state index is -0.603. The molecule has 1 fully saturated rings. The molecule has 2 rings (SSSR count). The van der Waals surface area contributed by atoms with E-state index in [-0.39, 0.29) is 18.3 Å². The summed E-state index contributed by atoms with van der Waals surface area (Å²) >= 11 is 0. The lowest BCUT2D eigenvalue weighted by Gasteiger charge is -2.19. The number of rotatable bonds is 3. The van der Waals surface area contributed by atoms with Crippen LogP contribution in [0.5, 0.6) is 0 Å². The second-order valence-electron chi connectivity index (χ2n) is 3.11. The van der Waals surface area contributed by atoms with Crippen molar-refractivity contribution < 1.29 is 23.5 Å². The smallest absolute Gasteiger partial charge is 0.379 e. The van der Waals surface area contributed by atoms with Crippen molar-refractivity contribution in [2.75, 3.05) is 26.4 Å². The number of hydrogen-bond acceptors (Lipinski definition) is 7. The maximum atomic E-state index is 11.3. The largest absolute Gasteiger partial charge is 0.460 e. The molecule has 16 heavy (non-hydrogen) atoms. The van der Waals surface area contributed by atoms with Crippen molar-refractivity contribution in [1.82, 2.24) is 10.1 Å². The van der Waals surface area contributed by atoms with Crippen LogP contribution < -0.4 is 0 Å². The first-order valence-electron chi connectivity index (χ1n) is 5.01. The minimum absolute atomic E-state index is 0.0916. The van der Waals surface area contributed by atoms with E-state index in [2.05, 4.69) is 10.1 Å². The molecule has 1 aromatic rings. The van der Waals surface area contributed by atoms with Gasteiger partial charge in [0.05, 0.1) is 26.4 Å². The van der Waals surface area contributed by atoms with E-state index < -0.39 is 12.1 Å². The third-order valence-electron chi connectivity index (χ3n) is 1.99. The van der Waals surface area contributed by atoms with Gasteiger partial charge in [-0.3, -0.25) is 0 Å². The Morgan fingerprint density at radius 3 is 3.12 bits per heavy atom. The first-order chi connectivity index (χ1) is 7.81. The molecule has 1 unspecified atom stereocenters. The highest BCUT2D eigenvalue weighted by Crippen LogP contribution is 2.18. The second-order valence-corrected chi connectivity index (χ2v) is 3.11. The Kier molecular flexibility index (Phi) is 3.47. The standard InChI is InChI=1S/C9H12N2O5/c1-2-14-9(12)7-10-8(16-11-7)6-5-13-3-4-15-6/h6H,2-5H2,1H3. The van der Waals surface area contributed by atoms with E-state index in [1.807, 2.05) is 0 Å². The monoisotopic (exact) mass is 228 g/mol. The zero-order valence-corrected chi connectivity index (χ0v) is 8.84. The Bertz CT molecular complexity index is 359. The fourth-order valence-electron chi connectivity index (χ4n) is 1.27. The van der Waals surface area contributed by atoms with Gasteiger partial charge in [0.25, 0.3) is 11.7 Å². The van der Waals surface area contributed by atoms with E-state index in [9.17, 15) is 4.79 Å². The van der Waals surface area contributed by atoms with Crippen LogP contribution in [-0.4, -0.2) is 42.5 Å². The summed E-state index contributed by atoms with van der Waals surface area (Å²) in [5.74, 6) is -0.456. The van der Waals surface area contributed by atoms with Crippen LogP contribution in [0.2, 0.25) is 0 Å². The van der Waals surface area contributed by atoms with Crippen molar-refractivity contribution in [1.29, 1.82) is 0 Å². The minimum Gasteiger partial charge on any atom is -0.460 e. The normalized spacial score (nSPS) is 20.7. The first-order valence-corrected chi connectivity index (χ1v) is 5.01. The van der Waals surface area contributed by atoms with Crippen molar-refractivity contribution >= 4 is 5.97 Å². The Hall–Kier alpha value is -1.47. The molecule has 7 nitrogen and oxygen atoms in total. The SMILES string of the molecule is CCOC(=O)c1noc(C2COCCO2)n1. The highest BCUT2D eigenvalue weighted by atomic mass is 16.6. The second kappa shape index (κ2) is 5.04. The maximum Gasteiger partial charge on any atom is 0.379 e. The Morgan fingerprint density at radius 1 is 1.56 bits per heavy atom. The quantitative estimate of drug-likeness (QED) is 0.689. The average molecular weight is 228 g/mol. The summed E-state index contributed by atoms with van der Waals surface area (Å²) in [7, 11) is 0. The van der Waals surface area contributed by atoms with Crippen molar-refractivity contribution in [3.63, 3.8) is 0 Å². The van der Waals surface area contributed by atoms with E-state index in [0.29, 0.717) is 19.8 Å². The van der Waals surface area contributed by atoms with Gasteiger partial charge in [0.15, 0.2) is 6.10 Å². The lowest BCUT2D eigenvalue weighted by atomic mass is 10.3. The van der Waals surface area contributed by atoms with Gasteiger partial charge in [-0.05, 0) is 12.1 Å². The number of ether oxygens (including phenoxy) is 3. The molecule has 7 heteroatoms. The Labute approximate surface area is 91.7 Å². The molecule has 1 aromatic heterocycles. The van der Waals surface area contributed by atoms with Gasteiger partial charge in [-0.2, -0.15) is 4.98 Å². The third-order valence-corrected chi connectivity index (χ3v) is 1.99. The molecule has 0 aliphatic carbocycles. The maximum absolute atomic E-state index is 11.3. The molecular formula is C9H12N2O5. The molecule has 2 heterocycles. The number of carbonyl (C=O) groups excluding carboxylic acids is 1. The van der Waals surface area contributed by atoms with Gasteiger partial charge in [-0.25, -0.2) is 4.79 Å². The molecule has 0 spiro atoms. The predicted octanol–water partition coefficient (Wildman–Crippen LogP) is 0.334. The fraction of sp³-hybridized carbons (Fsp3) is 0.667. The molecule has 1 aliphatic rings. The molecule has 1 atom stereocenters. The van der Waals surface area contributed by atoms with Crippen molar-refractivity contribution in [2.24, 2.45) is 0 Å². The van der Waals surface area contributed by atoms with E-state index in [0.717, 1.165) is 0 Å². The Balaban J connectivity index is 2.03. The molecule has 0 amide bonds. The van der Waals surface area contributed by atoms with E-state index >= 15 is 0 Å². The lowest BCUT2D eigenvalue weighted by molar-refractivity contribution is -0.101. The molecule has 0 aromatic carbocycles. The van der Waals surface area contributed by atoms with Crippen LogP contribution in [0.3, 0.4) is 0 Å². The van der Waals surface area contributed by atoms with E-state index in [1.165, 1.54) is 0 Å². The number of aromatic nitrogens is 2. The summed E-state index contributed by atoms with van der Waals surface area (Å²) in [6, 6.07) is 0. The number of nitrogens with zero attached hydrogens (tertiary/aromatic N) is 2. The number of carbonyl (C=O) groups is 1. The van der Waals surface area contributed by atoms with Crippen LogP contribution in [-0.2, 0) is 14.2 Å². The highest BCUT2D eigenvalue weighted by Gasteiger charge is 2.25. The lowest BCUT2D eigenvalue weighted by Crippen LogP contribution is -2.22. The average Bonchev–Trinajstić information content (AvgIpc) is 2.80. The van der Waals surface area contributed by atoms with Crippen LogP contribution in [0.1, 0.15) is 29.5 Å². The van der Waals surface area contributed by atoms with E-state index in [4.69, 9.17) is 18.7 Å². The van der Waals surface area contributed by atoms with Gasteiger partial charge in [0.2, 0.25) is 0 Å². The summed E-state index contributed by atoms with van der Waals surface area (Å²) < 4.78 is 20.2. The van der Waals surface area contributed by atoms with Gasteiger partial charge < -0.3 is 18.7 Å². The molecule has 0 bridgehead atoms. The Morgan fingerprint density at radius 2 is 2.44 bits per heavy atom. The van der Waals surface area contributed by atoms with Crippen molar-refractivity contribution in [3.05, 3.63) is 11.7 Å². The molecule has 0 N–H and O–H groups in total. The van der Waals surface area contributed by atoms with Crippen molar-refractivity contribution in [2.45, 2.75) is 13.0 Å². The van der Waals surface area contributed by atoms with Crippen LogP contribution in [0.15, 0.2) is 4.52 Å². The van der Waals surface area contributed by atoms with Crippen LogP contribution >= 0.6 is 0 Å². The molecule has 1 aliphatic heterocycles. The van der Waals surface area contributed by atoms with E-state index in [1.54, 1.807) is 6.92 Å². The highest BCUT2D eigenvalue weighted by molar-refractivity contribution is 5.84. The molecule has 88 valence electrons. The molecular weight excluding hydrogens is 216 g/mol. The van der Waals surface area contributed by atoms with Gasteiger partial charge in [0, 0.05) is 0 Å².